The van der Waals surface area contributed by atoms with Crippen LogP contribution in [0.25, 0.3) is 0 Å². The standard InChI is InChI=1S/C9H10NO2P/c11-7-10-6-5-8-3-1-2-4-9(8)13-12/h1-4,7H,5-6H2,(H,10,11). The van der Waals surface area contributed by atoms with Crippen molar-refractivity contribution in [2.75, 3.05) is 6.54 Å². The van der Waals surface area contributed by atoms with Gasteiger partial charge in [0.15, 0.2) is 8.46 Å². The van der Waals surface area contributed by atoms with Crippen molar-refractivity contribution in [1.82, 2.24) is 5.32 Å². The summed E-state index contributed by atoms with van der Waals surface area (Å²) in [6, 6.07) is 7.46. The lowest BCUT2D eigenvalue weighted by atomic mass is 10.1. The van der Waals surface area contributed by atoms with Crippen LogP contribution in [0.1, 0.15) is 5.56 Å². The van der Waals surface area contributed by atoms with Gasteiger partial charge in [-0.15, -0.1) is 0 Å². The Morgan fingerprint density at radius 1 is 1.38 bits per heavy atom. The fourth-order valence-electron chi connectivity index (χ4n) is 1.08. The molecule has 0 radical (unpaired) electrons. The van der Waals surface area contributed by atoms with Crippen molar-refractivity contribution in [2.24, 2.45) is 0 Å². The summed E-state index contributed by atoms with van der Waals surface area (Å²) in [5, 5.41) is 3.35. The monoisotopic (exact) mass is 195 g/mol. The Kier molecular flexibility index (Phi) is 4.13. The van der Waals surface area contributed by atoms with E-state index in [-0.39, 0.29) is 8.46 Å². The maximum absolute atomic E-state index is 10.7. The van der Waals surface area contributed by atoms with E-state index in [4.69, 9.17) is 0 Å². The van der Waals surface area contributed by atoms with Crippen molar-refractivity contribution in [3.8, 4) is 0 Å². The molecule has 0 fully saturated rings. The van der Waals surface area contributed by atoms with Crippen LogP contribution in [0.4, 0.5) is 0 Å². The maximum atomic E-state index is 10.7. The van der Waals surface area contributed by atoms with Crippen LogP contribution in [-0.4, -0.2) is 13.0 Å². The summed E-state index contributed by atoms with van der Waals surface area (Å²) in [6.07, 6.45) is 1.38. The molecule has 0 aliphatic carbocycles. The number of hydrogen-bond acceptors (Lipinski definition) is 2. The van der Waals surface area contributed by atoms with Crippen molar-refractivity contribution in [1.29, 1.82) is 0 Å². The molecular formula is C9H10NO2P. The van der Waals surface area contributed by atoms with Crippen molar-refractivity contribution in [2.45, 2.75) is 6.42 Å². The third-order valence-corrected chi connectivity index (χ3v) is 2.34. The predicted octanol–water partition coefficient (Wildman–Crippen LogP) is 0.892. The van der Waals surface area contributed by atoms with Crippen LogP contribution in [-0.2, 0) is 15.8 Å². The first-order valence-electron chi connectivity index (χ1n) is 3.97. The Labute approximate surface area is 78.4 Å². The van der Waals surface area contributed by atoms with Gasteiger partial charge in [-0.2, -0.15) is 0 Å². The molecule has 0 saturated carbocycles. The summed E-state index contributed by atoms with van der Waals surface area (Å²) >= 11 is 0. The average molecular weight is 195 g/mol. The zero-order valence-corrected chi connectivity index (χ0v) is 7.96. The number of benzene rings is 1. The molecule has 68 valence electrons. The number of rotatable bonds is 5. The number of amides is 1. The summed E-state index contributed by atoms with van der Waals surface area (Å²) in [7, 11) is 0.0310. The highest BCUT2D eigenvalue weighted by Crippen LogP contribution is 2.03. The molecule has 0 aliphatic heterocycles. The molecule has 1 aromatic rings. The molecule has 1 N–H and O–H groups in total. The third-order valence-electron chi connectivity index (χ3n) is 1.71. The number of nitrogens with one attached hydrogen (secondary N) is 1. The second kappa shape index (κ2) is 5.44. The molecular weight excluding hydrogens is 185 g/mol. The highest BCUT2D eigenvalue weighted by molar-refractivity contribution is 7.34. The Hall–Kier alpha value is -1.21. The zero-order chi connectivity index (χ0) is 9.52. The van der Waals surface area contributed by atoms with Gasteiger partial charge in [-0.25, -0.2) is 0 Å². The SMILES string of the molecule is O=CNCCc1ccccc1P=O. The zero-order valence-electron chi connectivity index (χ0n) is 7.06. The van der Waals surface area contributed by atoms with Gasteiger partial charge < -0.3 is 5.32 Å². The van der Waals surface area contributed by atoms with Crippen LogP contribution in [0.5, 0.6) is 0 Å². The van der Waals surface area contributed by atoms with Crippen LogP contribution in [0.3, 0.4) is 0 Å². The Morgan fingerprint density at radius 3 is 2.85 bits per heavy atom. The molecule has 0 bridgehead atoms. The lowest BCUT2D eigenvalue weighted by molar-refractivity contribution is -0.109. The first-order chi connectivity index (χ1) is 6.38. The molecule has 0 heterocycles. The first kappa shape index (κ1) is 9.87. The second-order valence-electron chi connectivity index (χ2n) is 2.54. The molecule has 0 unspecified atom stereocenters. The van der Waals surface area contributed by atoms with Gasteiger partial charge in [0, 0.05) is 11.8 Å². The van der Waals surface area contributed by atoms with Crippen molar-refractivity contribution in [3.63, 3.8) is 0 Å². The molecule has 3 nitrogen and oxygen atoms in total. The van der Waals surface area contributed by atoms with Crippen LogP contribution in [0.15, 0.2) is 24.3 Å². The maximum Gasteiger partial charge on any atom is 0.207 e. The lowest BCUT2D eigenvalue weighted by Gasteiger charge is -2.01. The van der Waals surface area contributed by atoms with Gasteiger partial charge in [0.25, 0.3) is 0 Å². The molecule has 4 heteroatoms. The van der Waals surface area contributed by atoms with Gasteiger partial charge in [0.05, 0.1) is 0 Å². The van der Waals surface area contributed by atoms with E-state index in [0.717, 1.165) is 10.9 Å². The summed E-state index contributed by atoms with van der Waals surface area (Å²) in [5.74, 6) is 0. The van der Waals surface area contributed by atoms with Gasteiger partial charge in [-0.05, 0) is 18.1 Å². The summed E-state index contributed by atoms with van der Waals surface area (Å²) < 4.78 is 10.7. The van der Waals surface area contributed by atoms with Gasteiger partial charge in [-0.3, -0.25) is 9.36 Å². The van der Waals surface area contributed by atoms with E-state index in [2.05, 4.69) is 5.32 Å². The van der Waals surface area contributed by atoms with Crippen LogP contribution in [0.2, 0.25) is 0 Å². The van der Waals surface area contributed by atoms with Crippen LogP contribution < -0.4 is 10.6 Å². The number of carbonyl (C=O) groups excluding carboxylic acids is 1. The fraction of sp³-hybridized carbons (Fsp3) is 0.222. The van der Waals surface area contributed by atoms with E-state index < -0.39 is 0 Å². The molecule has 1 amide bonds. The second-order valence-corrected chi connectivity index (χ2v) is 3.21. The molecule has 0 aliphatic rings. The van der Waals surface area contributed by atoms with Gasteiger partial charge in [0.2, 0.25) is 6.41 Å². The van der Waals surface area contributed by atoms with Crippen molar-refractivity contribution < 1.29 is 9.36 Å². The minimum atomic E-state index is 0.0310. The van der Waals surface area contributed by atoms with E-state index in [1.165, 1.54) is 0 Å². The van der Waals surface area contributed by atoms with Crippen molar-refractivity contribution >= 4 is 20.2 Å². The number of carbonyl (C=O) groups is 1. The van der Waals surface area contributed by atoms with Crippen molar-refractivity contribution in [3.05, 3.63) is 29.8 Å². The molecule has 13 heavy (non-hydrogen) atoms. The summed E-state index contributed by atoms with van der Waals surface area (Å²) in [5.41, 5.74) is 1.01. The first-order valence-corrected chi connectivity index (χ1v) is 4.78. The van der Waals surface area contributed by atoms with E-state index >= 15 is 0 Å². The molecule has 0 spiro atoms. The van der Waals surface area contributed by atoms with E-state index in [0.29, 0.717) is 19.4 Å². The Bertz CT molecular complexity index is 301. The largest absolute Gasteiger partial charge is 0.358 e. The molecule has 0 saturated heterocycles. The summed E-state index contributed by atoms with van der Waals surface area (Å²) in [4.78, 5) is 9.97. The minimum Gasteiger partial charge on any atom is -0.358 e. The smallest absolute Gasteiger partial charge is 0.207 e. The normalized spacial score (nSPS) is 9.85. The molecule has 0 aromatic heterocycles. The Morgan fingerprint density at radius 2 is 2.15 bits per heavy atom. The Balaban J connectivity index is 2.63. The highest BCUT2D eigenvalue weighted by Gasteiger charge is 1.99. The fourth-order valence-corrected chi connectivity index (χ4v) is 1.53. The van der Waals surface area contributed by atoms with Crippen LogP contribution in [0, 0.1) is 0 Å². The quantitative estimate of drug-likeness (QED) is 0.431. The van der Waals surface area contributed by atoms with Gasteiger partial charge in [0.1, 0.15) is 0 Å². The highest BCUT2D eigenvalue weighted by atomic mass is 31.1. The lowest BCUT2D eigenvalue weighted by Crippen LogP contribution is -2.16. The van der Waals surface area contributed by atoms with Gasteiger partial charge in [-0.1, -0.05) is 18.2 Å². The van der Waals surface area contributed by atoms with E-state index in [1.54, 1.807) is 0 Å². The predicted molar refractivity (Wildman–Crippen MR) is 51.5 cm³/mol. The van der Waals surface area contributed by atoms with E-state index in [9.17, 15) is 9.36 Å². The molecule has 1 aromatic carbocycles. The van der Waals surface area contributed by atoms with E-state index in [1.807, 2.05) is 24.3 Å². The van der Waals surface area contributed by atoms with Gasteiger partial charge >= 0.3 is 0 Å². The molecule has 1 rings (SSSR count). The average Bonchev–Trinajstić information content (AvgIpc) is 2.19. The summed E-state index contributed by atoms with van der Waals surface area (Å²) in [6.45, 7) is 0.579. The van der Waals surface area contributed by atoms with Crippen LogP contribution >= 0.6 is 8.46 Å². The molecule has 0 atom stereocenters. The number of hydrogen-bond donors (Lipinski definition) is 1. The topological polar surface area (TPSA) is 46.2 Å². The third kappa shape index (κ3) is 2.96. The minimum absolute atomic E-state index is 0.0310.